The number of nitrogens with zero attached hydrogens (tertiary/aromatic N) is 2. The average molecular weight is 663 g/mol. The molecule has 0 fully saturated rings. The minimum absolute atomic E-state index is 0.931. The van der Waals surface area contributed by atoms with Gasteiger partial charge in [-0.3, -0.25) is 4.98 Å². The zero-order chi connectivity index (χ0) is 34.7. The quantitative estimate of drug-likeness (QED) is 0.170. The van der Waals surface area contributed by atoms with Crippen LogP contribution in [0.2, 0.25) is 0 Å². The number of fused-ring (bicyclic) bond motifs is 1. The van der Waals surface area contributed by atoms with Crippen molar-refractivity contribution in [3.63, 3.8) is 0 Å². The van der Waals surface area contributed by atoms with Gasteiger partial charge < -0.3 is 0 Å². The van der Waals surface area contributed by atoms with Gasteiger partial charge in [0.25, 0.3) is 0 Å². The van der Waals surface area contributed by atoms with Crippen LogP contribution >= 0.6 is 0 Å². The molecule has 0 radical (unpaired) electrons. The van der Waals surface area contributed by atoms with Gasteiger partial charge in [0.05, 0.1) is 17.1 Å². The first-order chi connectivity index (χ1) is 25.7. The van der Waals surface area contributed by atoms with E-state index in [1.54, 1.807) is 0 Å². The SMILES string of the molecule is c1ccc(-c2cc(-c3ccccc3)cc(-c3cccc(-c4cccc(-c5cc6ccccc6c(-c6ccc(-c7ccccc7)nc6)n5)c4)c3)c2)cc1. The topological polar surface area (TPSA) is 25.8 Å². The second kappa shape index (κ2) is 13.8. The lowest BCUT2D eigenvalue weighted by molar-refractivity contribution is 1.29. The lowest BCUT2D eigenvalue weighted by Gasteiger charge is -2.13. The third-order valence-corrected chi connectivity index (χ3v) is 9.68. The summed E-state index contributed by atoms with van der Waals surface area (Å²) in [7, 11) is 0. The van der Waals surface area contributed by atoms with E-state index in [4.69, 9.17) is 9.97 Å². The van der Waals surface area contributed by atoms with Crippen LogP contribution in [-0.2, 0) is 0 Å². The third-order valence-electron chi connectivity index (χ3n) is 9.68. The molecule has 0 spiro atoms. The largest absolute Gasteiger partial charge is 0.256 e. The molecule has 0 amide bonds. The zero-order valence-electron chi connectivity index (χ0n) is 28.5. The van der Waals surface area contributed by atoms with Gasteiger partial charge in [0.15, 0.2) is 0 Å². The van der Waals surface area contributed by atoms with E-state index in [0.29, 0.717) is 0 Å². The lowest BCUT2D eigenvalue weighted by atomic mass is 9.92. The van der Waals surface area contributed by atoms with Crippen LogP contribution in [0.5, 0.6) is 0 Å². The van der Waals surface area contributed by atoms with Crippen molar-refractivity contribution < 1.29 is 0 Å². The third kappa shape index (κ3) is 6.30. The van der Waals surface area contributed by atoms with Crippen LogP contribution in [0.15, 0.2) is 206 Å². The van der Waals surface area contributed by atoms with Gasteiger partial charge in [0.2, 0.25) is 0 Å². The number of aromatic nitrogens is 2. The highest BCUT2D eigenvalue weighted by Crippen LogP contribution is 2.36. The van der Waals surface area contributed by atoms with Crippen LogP contribution in [0, 0.1) is 0 Å². The summed E-state index contributed by atoms with van der Waals surface area (Å²) < 4.78 is 0. The molecule has 0 unspecified atom stereocenters. The molecule has 0 N–H and O–H groups in total. The first kappa shape index (κ1) is 31.1. The molecule has 0 aliphatic heterocycles. The smallest absolute Gasteiger partial charge is 0.0803 e. The second-order valence-corrected chi connectivity index (χ2v) is 13.1. The molecule has 0 aliphatic carbocycles. The Morgan fingerprint density at radius 2 is 0.731 bits per heavy atom. The molecule has 2 heteroatoms. The van der Waals surface area contributed by atoms with Gasteiger partial charge >= 0.3 is 0 Å². The fraction of sp³-hybridized carbons (Fsp3) is 0. The molecule has 0 bridgehead atoms. The Kier molecular flexibility index (Phi) is 8.24. The minimum Gasteiger partial charge on any atom is -0.256 e. The maximum atomic E-state index is 5.28. The van der Waals surface area contributed by atoms with Crippen molar-refractivity contribution >= 4 is 10.8 Å². The summed E-state index contributed by atoms with van der Waals surface area (Å²) in [4.78, 5) is 10.1. The van der Waals surface area contributed by atoms with Crippen LogP contribution < -0.4 is 0 Å². The van der Waals surface area contributed by atoms with Gasteiger partial charge in [-0.05, 0) is 98.4 Å². The van der Waals surface area contributed by atoms with E-state index < -0.39 is 0 Å². The van der Waals surface area contributed by atoms with Crippen molar-refractivity contribution in [2.75, 3.05) is 0 Å². The summed E-state index contributed by atoms with van der Waals surface area (Å²) >= 11 is 0. The van der Waals surface area contributed by atoms with E-state index >= 15 is 0 Å². The maximum Gasteiger partial charge on any atom is 0.0803 e. The molecular weight excluding hydrogens is 629 g/mol. The highest BCUT2D eigenvalue weighted by Gasteiger charge is 2.13. The first-order valence-corrected chi connectivity index (χ1v) is 17.6. The molecule has 52 heavy (non-hydrogen) atoms. The second-order valence-electron chi connectivity index (χ2n) is 13.1. The number of pyridine rings is 2. The molecule has 0 saturated heterocycles. The fourth-order valence-corrected chi connectivity index (χ4v) is 7.01. The molecule has 2 nitrogen and oxygen atoms in total. The molecule has 9 rings (SSSR count). The molecule has 2 aromatic heterocycles. The lowest BCUT2D eigenvalue weighted by Crippen LogP contribution is -1.93. The molecule has 9 aromatic rings. The molecular formula is C50H34N2. The highest BCUT2D eigenvalue weighted by atomic mass is 14.7. The van der Waals surface area contributed by atoms with Crippen LogP contribution in [0.1, 0.15) is 0 Å². The number of rotatable bonds is 7. The Balaban J connectivity index is 1.10. The van der Waals surface area contributed by atoms with E-state index in [0.717, 1.165) is 55.7 Å². The molecule has 0 aliphatic rings. The molecule has 0 saturated carbocycles. The van der Waals surface area contributed by atoms with Crippen molar-refractivity contribution in [3.05, 3.63) is 206 Å². The zero-order valence-corrected chi connectivity index (χ0v) is 28.5. The van der Waals surface area contributed by atoms with E-state index in [2.05, 4.69) is 182 Å². The standard InChI is InChI=1S/C50H34N2/c1-4-14-35(15-5-1)44-30-45(36-16-6-2-7-17-36)32-46(31-44)40-23-12-21-38(28-40)39-22-13-24-42(29-39)49-33-41-20-10-11-25-47(41)50(52-49)43-26-27-48(51-34-43)37-18-8-3-9-19-37/h1-34H. The van der Waals surface area contributed by atoms with Crippen molar-refractivity contribution in [2.24, 2.45) is 0 Å². The summed E-state index contributed by atoms with van der Waals surface area (Å²) in [5.41, 5.74) is 15.5. The van der Waals surface area contributed by atoms with Crippen LogP contribution in [0.3, 0.4) is 0 Å². The van der Waals surface area contributed by atoms with Crippen LogP contribution in [-0.4, -0.2) is 9.97 Å². The van der Waals surface area contributed by atoms with Crippen LogP contribution in [0.25, 0.3) is 89.1 Å². The van der Waals surface area contributed by atoms with E-state index in [1.807, 2.05) is 24.4 Å². The summed E-state index contributed by atoms with van der Waals surface area (Å²) in [5.74, 6) is 0. The molecule has 0 atom stereocenters. The minimum atomic E-state index is 0.931. The highest BCUT2D eigenvalue weighted by molar-refractivity contribution is 5.97. The van der Waals surface area contributed by atoms with Crippen LogP contribution in [0.4, 0.5) is 0 Å². The monoisotopic (exact) mass is 662 g/mol. The Bertz CT molecular complexity index is 2590. The Hall–Kier alpha value is -6.90. The predicted octanol–water partition coefficient (Wildman–Crippen LogP) is 13.3. The maximum absolute atomic E-state index is 5.28. The average Bonchev–Trinajstić information content (AvgIpc) is 3.24. The summed E-state index contributed by atoms with van der Waals surface area (Å²) in [6.45, 7) is 0. The number of benzene rings is 7. The van der Waals surface area contributed by atoms with Gasteiger partial charge in [-0.15, -0.1) is 0 Å². The predicted molar refractivity (Wildman–Crippen MR) is 218 cm³/mol. The van der Waals surface area contributed by atoms with Crippen molar-refractivity contribution in [3.8, 4) is 78.3 Å². The van der Waals surface area contributed by atoms with Gasteiger partial charge in [-0.25, -0.2) is 4.98 Å². The number of hydrogen-bond donors (Lipinski definition) is 0. The summed E-state index contributed by atoms with van der Waals surface area (Å²) in [5, 5.41) is 2.26. The fourth-order valence-electron chi connectivity index (χ4n) is 7.01. The summed E-state index contributed by atoms with van der Waals surface area (Å²) in [6, 6.07) is 70.9. The normalized spacial score (nSPS) is 11.1. The van der Waals surface area contributed by atoms with E-state index in [1.165, 1.54) is 33.4 Å². The van der Waals surface area contributed by atoms with Gasteiger partial charge in [-0.1, -0.05) is 152 Å². The first-order valence-electron chi connectivity index (χ1n) is 17.6. The molecule has 244 valence electrons. The van der Waals surface area contributed by atoms with Gasteiger partial charge in [-0.2, -0.15) is 0 Å². The van der Waals surface area contributed by atoms with E-state index in [-0.39, 0.29) is 0 Å². The molecule has 7 aromatic carbocycles. The van der Waals surface area contributed by atoms with Crippen molar-refractivity contribution in [2.45, 2.75) is 0 Å². The van der Waals surface area contributed by atoms with Crippen molar-refractivity contribution in [1.29, 1.82) is 0 Å². The Labute approximate surface area is 304 Å². The number of hydrogen-bond acceptors (Lipinski definition) is 2. The Morgan fingerprint density at radius 1 is 0.269 bits per heavy atom. The van der Waals surface area contributed by atoms with Gasteiger partial charge in [0.1, 0.15) is 0 Å². The Morgan fingerprint density at radius 3 is 1.33 bits per heavy atom. The summed E-state index contributed by atoms with van der Waals surface area (Å²) in [6.07, 6.45) is 1.94. The van der Waals surface area contributed by atoms with Crippen molar-refractivity contribution in [1.82, 2.24) is 9.97 Å². The van der Waals surface area contributed by atoms with E-state index in [9.17, 15) is 0 Å². The molecule has 2 heterocycles. The van der Waals surface area contributed by atoms with Gasteiger partial charge in [0, 0.05) is 28.3 Å².